The lowest BCUT2D eigenvalue weighted by Crippen LogP contribution is -2.27. The number of amides is 1. The van der Waals surface area contributed by atoms with E-state index >= 15 is 0 Å². The van der Waals surface area contributed by atoms with Crippen LogP contribution in [0.15, 0.2) is 40.9 Å². The van der Waals surface area contributed by atoms with Crippen LogP contribution in [0.4, 0.5) is 0 Å². The Morgan fingerprint density at radius 1 is 1.19 bits per heavy atom. The van der Waals surface area contributed by atoms with Crippen LogP contribution >= 0.6 is 15.9 Å². The molecule has 0 aliphatic carbocycles. The molecular formula is C17H18BrNO2. The van der Waals surface area contributed by atoms with Crippen molar-refractivity contribution >= 4 is 21.8 Å². The Labute approximate surface area is 133 Å². The van der Waals surface area contributed by atoms with E-state index in [0.29, 0.717) is 5.56 Å². The molecule has 1 atom stereocenters. The fourth-order valence-electron chi connectivity index (χ4n) is 2.41. The molecule has 3 nitrogen and oxygen atoms in total. The van der Waals surface area contributed by atoms with Crippen LogP contribution in [0.3, 0.4) is 0 Å². The number of rotatable bonds is 3. The molecule has 0 fully saturated rings. The van der Waals surface area contributed by atoms with Gasteiger partial charge in [-0.1, -0.05) is 39.7 Å². The number of aromatic hydroxyl groups is 1. The molecule has 4 heteroatoms. The smallest absolute Gasteiger partial charge is 0.217 e. The van der Waals surface area contributed by atoms with E-state index in [1.165, 1.54) is 6.92 Å². The Hall–Kier alpha value is -1.81. The molecule has 21 heavy (non-hydrogen) atoms. The first-order valence-corrected chi connectivity index (χ1v) is 7.50. The normalized spacial score (nSPS) is 12.0. The Bertz CT molecular complexity index is 665. The summed E-state index contributed by atoms with van der Waals surface area (Å²) >= 11 is 3.40. The second-order valence-corrected chi connectivity index (χ2v) is 6.12. The molecule has 1 amide bonds. The SMILES string of the molecule is CC(=O)NC(c1ccc(Br)cc1)c1cc(C)cc(C)c1O. The molecule has 2 aromatic rings. The van der Waals surface area contributed by atoms with Gasteiger partial charge in [0.15, 0.2) is 0 Å². The first kappa shape index (κ1) is 15.6. The zero-order valence-electron chi connectivity index (χ0n) is 12.3. The standard InChI is InChI=1S/C17H18BrNO2/c1-10-8-11(2)17(21)15(9-10)16(19-12(3)20)13-4-6-14(18)7-5-13/h4-9,16,21H,1-3H3,(H,19,20). The van der Waals surface area contributed by atoms with Gasteiger partial charge >= 0.3 is 0 Å². The highest BCUT2D eigenvalue weighted by Gasteiger charge is 2.20. The van der Waals surface area contributed by atoms with E-state index in [1.54, 1.807) is 0 Å². The van der Waals surface area contributed by atoms with Crippen LogP contribution in [0.25, 0.3) is 0 Å². The summed E-state index contributed by atoms with van der Waals surface area (Å²) in [6, 6.07) is 11.2. The molecule has 0 bridgehead atoms. The molecule has 0 radical (unpaired) electrons. The van der Waals surface area contributed by atoms with Gasteiger partial charge in [-0.3, -0.25) is 4.79 Å². The summed E-state index contributed by atoms with van der Waals surface area (Å²) in [6.07, 6.45) is 0. The topological polar surface area (TPSA) is 49.3 Å². The van der Waals surface area contributed by atoms with Gasteiger partial charge in [0.25, 0.3) is 0 Å². The summed E-state index contributed by atoms with van der Waals surface area (Å²) < 4.78 is 0.970. The third kappa shape index (κ3) is 3.64. The van der Waals surface area contributed by atoms with Crippen molar-refractivity contribution in [3.8, 4) is 5.75 Å². The second-order valence-electron chi connectivity index (χ2n) is 5.20. The number of hydrogen-bond acceptors (Lipinski definition) is 2. The van der Waals surface area contributed by atoms with Crippen molar-refractivity contribution in [3.63, 3.8) is 0 Å². The summed E-state index contributed by atoms with van der Waals surface area (Å²) in [5, 5.41) is 13.3. The number of aryl methyl sites for hydroxylation is 2. The monoisotopic (exact) mass is 347 g/mol. The Morgan fingerprint density at radius 2 is 1.81 bits per heavy atom. The van der Waals surface area contributed by atoms with E-state index in [0.717, 1.165) is 21.2 Å². The van der Waals surface area contributed by atoms with E-state index in [9.17, 15) is 9.90 Å². The second kappa shape index (κ2) is 6.31. The van der Waals surface area contributed by atoms with Crippen molar-refractivity contribution in [1.29, 1.82) is 0 Å². The summed E-state index contributed by atoms with van der Waals surface area (Å²) in [5.41, 5.74) is 3.49. The molecule has 2 rings (SSSR count). The first-order valence-electron chi connectivity index (χ1n) is 6.71. The van der Waals surface area contributed by atoms with Crippen molar-refractivity contribution < 1.29 is 9.90 Å². The minimum absolute atomic E-state index is 0.138. The van der Waals surface area contributed by atoms with Gasteiger partial charge in [0, 0.05) is 17.0 Å². The van der Waals surface area contributed by atoms with Crippen LogP contribution in [-0.2, 0) is 4.79 Å². The minimum Gasteiger partial charge on any atom is -0.507 e. The zero-order chi connectivity index (χ0) is 15.6. The predicted octanol–water partition coefficient (Wildman–Crippen LogP) is 4.00. The molecule has 2 aromatic carbocycles. The molecule has 1 unspecified atom stereocenters. The number of nitrogens with one attached hydrogen (secondary N) is 1. The summed E-state index contributed by atoms with van der Waals surface area (Å²) in [4.78, 5) is 11.5. The fourth-order valence-corrected chi connectivity index (χ4v) is 2.68. The van der Waals surface area contributed by atoms with E-state index in [-0.39, 0.29) is 17.7 Å². The van der Waals surface area contributed by atoms with Gasteiger partial charge in [-0.15, -0.1) is 0 Å². The van der Waals surface area contributed by atoms with Gasteiger partial charge in [0.1, 0.15) is 5.75 Å². The van der Waals surface area contributed by atoms with Crippen molar-refractivity contribution in [2.24, 2.45) is 0 Å². The van der Waals surface area contributed by atoms with E-state index in [2.05, 4.69) is 21.2 Å². The summed E-state index contributed by atoms with van der Waals surface area (Å²) in [7, 11) is 0. The fraction of sp³-hybridized carbons (Fsp3) is 0.235. The van der Waals surface area contributed by atoms with Gasteiger partial charge in [-0.05, 0) is 43.2 Å². The van der Waals surface area contributed by atoms with Crippen LogP contribution in [0.2, 0.25) is 0 Å². The van der Waals surface area contributed by atoms with Crippen LogP contribution in [-0.4, -0.2) is 11.0 Å². The minimum atomic E-state index is -0.366. The molecular weight excluding hydrogens is 330 g/mol. The van der Waals surface area contributed by atoms with Crippen molar-refractivity contribution in [1.82, 2.24) is 5.32 Å². The molecule has 0 aliphatic rings. The number of hydrogen-bond donors (Lipinski definition) is 2. The molecule has 0 aromatic heterocycles. The Balaban J connectivity index is 2.55. The quantitative estimate of drug-likeness (QED) is 0.881. The lowest BCUT2D eigenvalue weighted by molar-refractivity contribution is -0.119. The van der Waals surface area contributed by atoms with E-state index in [1.807, 2.05) is 50.2 Å². The van der Waals surface area contributed by atoms with Crippen molar-refractivity contribution in [3.05, 3.63) is 63.1 Å². The predicted molar refractivity (Wildman–Crippen MR) is 87.4 cm³/mol. The molecule has 0 spiro atoms. The maximum Gasteiger partial charge on any atom is 0.217 e. The van der Waals surface area contributed by atoms with Crippen LogP contribution < -0.4 is 5.32 Å². The highest BCUT2D eigenvalue weighted by Crippen LogP contribution is 2.33. The number of carbonyl (C=O) groups is 1. The molecule has 0 saturated carbocycles. The highest BCUT2D eigenvalue weighted by molar-refractivity contribution is 9.10. The van der Waals surface area contributed by atoms with Gasteiger partial charge in [-0.25, -0.2) is 0 Å². The first-order chi connectivity index (χ1) is 9.88. The van der Waals surface area contributed by atoms with Gasteiger partial charge in [-0.2, -0.15) is 0 Å². The average molecular weight is 348 g/mol. The van der Waals surface area contributed by atoms with Gasteiger partial charge in [0.05, 0.1) is 6.04 Å². The third-order valence-corrected chi connectivity index (χ3v) is 3.86. The third-order valence-electron chi connectivity index (χ3n) is 3.34. The highest BCUT2D eigenvalue weighted by atomic mass is 79.9. The van der Waals surface area contributed by atoms with E-state index in [4.69, 9.17) is 0 Å². The molecule has 0 heterocycles. The van der Waals surface area contributed by atoms with Crippen LogP contribution in [0.5, 0.6) is 5.75 Å². The number of phenols is 1. The molecule has 0 saturated heterocycles. The number of carbonyl (C=O) groups excluding carboxylic acids is 1. The molecule has 0 aliphatic heterocycles. The lowest BCUT2D eigenvalue weighted by atomic mass is 9.94. The lowest BCUT2D eigenvalue weighted by Gasteiger charge is -2.21. The Kier molecular flexibility index (Phi) is 4.68. The summed E-state index contributed by atoms with van der Waals surface area (Å²) in [6.45, 7) is 5.31. The molecule has 110 valence electrons. The summed E-state index contributed by atoms with van der Waals surface area (Å²) in [5.74, 6) is 0.0868. The van der Waals surface area contributed by atoms with Gasteiger partial charge in [0.2, 0.25) is 5.91 Å². The Morgan fingerprint density at radius 3 is 2.38 bits per heavy atom. The zero-order valence-corrected chi connectivity index (χ0v) is 13.9. The number of benzene rings is 2. The maximum atomic E-state index is 11.5. The number of halogens is 1. The number of phenolic OH excluding ortho intramolecular Hbond substituents is 1. The van der Waals surface area contributed by atoms with Gasteiger partial charge < -0.3 is 10.4 Å². The molecule has 2 N–H and O–H groups in total. The largest absolute Gasteiger partial charge is 0.507 e. The maximum absolute atomic E-state index is 11.5. The van der Waals surface area contributed by atoms with Crippen molar-refractivity contribution in [2.45, 2.75) is 26.8 Å². The average Bonchev–Trinajstić information content (AvgIpc) is 2.41. The van der Waals surface area contributed by atoms with Crippen LogP contribution in [0.1, 0.15) is 35.2 Å². The van der Waals surface area contributed by atoms with E-state index < -0.39 is 0 Å². The van der Waals surface area contributed by atoms with Crippen molar-refractivity contribution in [2.75, 3.05) is 0 Å². The van der Waals surface area contributed by atoms with Crippen LogP contribution in [0, 0.1) is 13.8 Å².